The summed E-state index contributed by atoms with van der Waals surface area (Å²) in [4.78, 5) is 30.7. The van der Waals surface area contributed by atoms with Crippen molar-refractivity contribution in [1.29, 1.82) is 0 Å². The van der Waals surface area contributed by atoms with Crippen LogP contribution in [-0.4, -0.2) is 44.3 Å². The first kappa shape index (κ1) is 23.5. The minimum Gasteiger partial charge on any atom is -0.360 e. The fraction of sp³-hybridized carbons (Fsp3) is 0.333. The molecule has 0 atom stereocenters. The molecule has 0 bridgehead atoms. The minimum absolute atomic E-state index is 0.0111. The first-order chi connectivity index (χ1) is 15.2. The molecule has 32 heavy (non-hydrogen) atoms. The highest BCUT2D eigenvalue weighted by Crippen LogP contribution is 2.24. The zero-order chi connectivity index (χ0) is 23.5. The van der Waals surface area contributed by atoms with E-state index in [0.29, 0.717) is 24.3 Å². The van der Waals surface area contributed by atoms with E-state index in [0.717, 1.165) is 18.4 Å². The van der Waals surface area contributed by atoms with Gasteiger partial charge in [0.25, 0.3) is 15.9 Å². The standard InChI is InChI=1S/C24H29N3O4S/c1-5-7-13-27(6-2)24(29)21-16-25-22-12-11-19(15-20(22)23(21)28)32(30,31)26(4)18-10-8-9-17(3)14-18/h8-12,14-16H,5-7,13H2,1-4H3,(H,25,28). The lowest BCUT2D eigenvalue weighted by molar-refractivity contribution is 0.0761. The normalized spacial score (nSPS) is 11.5. The quantitative estimate of drug-likeness (QED) is 0.557. The van der Waals surface area contributed by atoms with Crippen molar-refractivity contribution < 1.29 is 13.2 Å². The van der Waals surface area contributed by atoms with Crippen LogP contribution in [-0.2, 0) is 10.0 Å². The molecule has 1 amide bonds. The van der Waals surface area contributed by atoms with Gasteiger partial charge in [0, 0.05) is 37.2 Å². The Morgan fingerprint density at radius 1 is 1.09 bits per heavy atom. The Bertz CT molecular complexity index is 1300. The lowest BCUT2D eigenvalue weighted by atomic mass is 10.1. The number of fused-ring (bicyclic) bond motifs is 1. The molecular formula is C24H29N3O4S. The maximum atomic E-state index is 13.2. The lowest BCUT2D eigenvalue weighted by Gasteiger charge is -2.21. The van der Waals surface area contributed by atoms with Crippen molar-refractivity contribution in [3.8, 4) is 0 Å². The van der Waals surface area contributed by atoms with Crippen LogP contribution >= 0.6 is 0 Å². The van der Waals surface area contributed by atoms with Gasteiger partial charge in [0.1, 0.15) is 5.56 Å². The maximum Gasteiger partial charge on any atom is 0.264 e. The molecule has 7 nitrogen and oxygen atoms in total. The smallest absolute Gasteiger partial charge is 0.264 e. The van der Waals surface area contributed by atoms with Gasteiger partial charge in [-0.25, -0.2) is 8.42 Å². The number of aromatic amines is 1. The van der Waals surface area contributed by atoms with Gasteiger partial charge in [0.05, 0.1) is 10.6 Å². The number of hydrogen-bond donors (Lipinski definition) is 1. The van der Waals surface area contributed by atoms with Crippen molar-refractivity contribution in [2.24, 2.45) is 0 Å². The van der Waals surface area contributed by atoms with Crippen molar-refractivity contribution in [3.63, 3.8) is 0 Å². The summed E-state index contributed by atoms with van der Waals surface area (Å²) in [6.45, 7) is 6.86. The number of pyridine rings is 1. The Hall–Kier alpha value is -3.13. The number of nitrogens with one attached hydrogen (secondary N) is 1. The molecule has 1 aromatic heterocycles. The topological polar surface area (TPSA) is 90.6 Å². The molecule has 8 heteroatoms. The van der Waals surface area contributed by atoms with E-state index in [4.69, 9.17) is 0 Å². The van der Waals surface area contributed by atoms with E-state index < -0.39 is 15.5 Å². The molecule has 170 valence electrons. The van der Waals surface area contributed by atoms with Crippen LogP contribution in [0.4, 0.5) is 5.69 Å². The monoisotopic (exact) mass is 455 g/mol. The Morgan fingerprint density at radius 2 is 1.84 bits per heavy atom. The van der Waals surface area contributed by atoms with Crippen molar-refractivity contribution in [2.45, 2.75) is 38.5 Å². The number of carbonyl (C=O) groups excluding carboxylic acids is 1. The van der Waals surface area contributed by atoms with Gasteiger partial charge in [-0.1, -0.05) is 25.5 Å². The van der Waals surface area contributed by atoms with Crippen molar-refractivity contribution in [1.82, 2.24) is 9.88 Å². The average molecular weight is 456 g/mol. The summed E-state index contributed by atoms with van der Waals surface area (Å²) in [5.41, 5.74) is 1.47. The third-order valence-corrected chi connectivity index (χ3v) is 7.34. The number of sulfonamides is 1. The first-order valence-corrected chi connectivity index (χ1v) is 12.1. The number of nitrogens with zero attached hydrogens (tertiary/aromatic N) is 2. The number of anilines is 1. The van der Waals surface area contributed by atoms with Gasteiger partial charge >= 0.3 is 0 Å². The number of rotatable bonds is 8. The summed E-state index contributed by atoms with van der Waals surface area (Å²) in [7, 11) is -2.42. The summed E-state index contributed by atoms with van der Waals surface area (Å²) in [6.07, 6.45) is 3.20. The summed E-state index contributed by atoms with van der Waals surface area (Å²) >= 11 is 0. The third kappa shape index (κ3) is 4.55. The zero-order valence-electron chi connectivity index (χ0n) is 18.9. The second-order valence-corrected chi connectivity index (χ2v) is 9.76. The molecule has 1 heterocycles. The van der Waals surface area contributed by atoms with Gasteiger partial charge in [-0.3, -0.25) is 13.9 Å². The van der Waals surface area contributed by atoms with E-state index >= 15 is 0 Å². The van der Waals surface area contributed by atoms with Crippen LogP contribution < -0.4 is 9.73 Å². The number of amides is 1. The Labute approximate surface area is 188 Å². The van der Waals surface area contributed by atoms with Crippen LogP contribution in [0.5, 0.6) is 0 Å². The van der Waals surface area contributed by atoms with Gasteiger partial charge in [-0.05, 0) is 56.2 Å². The molecule has 0 fully saturated rings. The Morgan fingerprint density at radius 3 is 2.50 bits per heavy atom. The zero-order valence-corrected chi connectivity index (χ0v) is 19.7. The maximum absolute atomic E-state index is 13.2. The van der Waals surface area contributed by atoms with Crippen molar-refractivity contribution in [3.05, 3.63) is 70.0 Å². The van der Waals surface area contributed by atoms with Gasteiger partial charge < -0.3 is 9.88 Å². The molecule has 3 rings (SSSR count). The third-order valence-electron chi connectivity index (χ3n) is 5.56. The Kier molecular flexibility index (Phi) is 7.03. The molecule has 0 saturated heterocycles. The van der Waals surface area contributed by atoms with E-state index in [2.05, 4.69) is 4.98 Å². The summed E-state index contributed by atoms with van der Waals surface area (Å²) < 4.78 is 27.6. The largest absolute Gasteiger partial charge is 0.360 e. The fourth-order valence-corrected chi connectivity index (χ4v) is 4.77. The van der Waals surface area contributed by atoms with Crippen LogP contribution in [0.2, 0.25) is 0 Å². The van der Waals surface area contributed by atoms with E-state index in [9.17, 15) is 18.0 Å². The van der Waals surface area contributed by atoms with Gasteiger partial charge in [-0.15, -0.1) is 0 Å². The summed E-state index contributed by atoms with van der Waals surface area (Å²) in [6, 6.07) is 11.5. The molecule has 0 aliphatic carbocycles. The second kappa shape index (κ2) is 9.56. The fourth-order valence-electron chi connectivity index (χ4n) is 3.56. The molecule has 0 saturated carbocycles. The number of hydrogen-bond acceptors (Lipinski definition) is 4. The predicted octanol–water partition coefficient (Wildman–Crippen LogP) is 3.92. The van der Waals surface area contributed by atoms with Gasteiger partial charge in [-0.2, -0.15) is 0 Å². The van der Waals surface area contributed by atoms with Crippen LogP contribution in [0.3, 0.4) is 0 Å². The number of aryl methyl sites for hydroxylation is 1. The van der Waals surface area contributed by atoms with E-state index in [-0.39, 0.29) is 21.8 Å². The molecule has 0 spiro atoms. The van der Waals surface area contributed by atoms with Crippen LogP contribution in [0.1, 0.15) is 42.6 Å². The van der Waals surface area contributed by atoms with Crippen LogP contribution in [0.25, 0.3) is 10.9 Å². The van der Waals surface area contributed by atoms with Crippen LogP contribution in [0.15, 0.2) is 58.4 Å². The van der Waals surface area contributed by atoms with Gasteiger partial charge in [0.2, 0.25) is 5.43 Å². The highest BCUT2D eigenvalue weighted by molar-refractivity contribution is 7.92. The molecule has 0 radical (unpaired) electrons. The molecule has 0 aliphatic rings. The van der Waals surface area contributed by atoms with Crippen LogP contribution in [0, 0.1) is 6.92 Å². The van der Waals surface area contributed by atoms with E-state index in [1.54, 1.807) is 29.2 Å². The highest BCUT2D eigenvalue weighted by Gasteiger charge is 2.24. The molecule has 1 N–H and O–H groups in total. The number of unbranched alkanes of at least 4 members (excludes halogenated alkanes) is 1. The minimum atomic E-state index is -3.90. The SMILES string of the molecule is CCCCN(CC)C(=O)c1c[nH]c2ccc(S(=O)(=O)N(C)c3cccc(C)c3)cc2c1=O. The van der Waals surface area contributed by atoms with E-state index in [1.165, 1.54) is 29.7 Å². The van der Waals surface area contributed by atoms with Gasteiger partial charge in [0.15, 0.2) is 0 Å². The molecular weight excluding hydrogens is 426 g/mol. The van der Waals surface area contributed by atoms with Crippen molar-refractivity contribution in [2.75, 3.05) is 24.4 Å². The predicted molar refractivity (Wildman–Crippen MR) is 128 cm³/mol. The summed E-state index contributed by atoms with van der Waals surface area (Å²) in [5.74, 6) is -0.353. The second-order valence-electron chi connectivity index (χ2n) is 7.79. The summed E-state index contributed by atoms with van der Waals surface area (Å²) in [5, 5.41) is 0.168. The molecule has 0 unspecified atom stereocenters. The van der Waals surface area contributed by atoms with E-state index in [1.807, 2.05) is 26.8 Å². The average Bonchev–Trinajstić information content (AvgIpc) is 2.79. The first-order valence-electron chi connectivity index (χ1n) is 10.7. The number of aromatic nitrogens is 1. The number of benzene rings is 2. The Balaban J connectivity index is 2.05. The number of H-pyrrole nitrogens is 1. The molecule has 0 aliphatic heterocycles. The highest BCUT2D eigenvalue weighted by atomic mass is 32.2. The lowest BCUT2D eigenvalue weighted by Crippen LogP contribution is -2.35. The molecule has 2 aromatic carbocycles. The van der Waals surface area contributed by atoms with Crippen molar-refractivity contribution >= 4 is 32.5 Å². The number of carbonyl (C=O) groups is 1. The molecule has 3 aromatic rings.